The molecule has 0 radical (unpaired) electrons. The molecule has 116 valence electrons. The molecule has 0 rings (SSSR count). The zero-order valence-corrected chi connectivity index (χ0v) is 11.9. The van der Waals surface area contributed by atoms with Gasteiger partial charge in [-0.25, -0.2) is 0 Å². The number of carbonyl (C=O) groups is 3. The fourth-order valence-corrected chi connectivity index (χ4v) is 1.48. The highest BCUT2D eigenvalue weighted by Gasteiger charge is 2.26. The minimum atomic E-state index is -1.17. The van der Waals surface area contributed by atoms with Gasteiger partial charge in [-0.3, -0.25) is 14.4 Å². The van der Waals surface area contributed by atoms with E-state index in [1.54, 1.807) is 0 Å². The zero-order chi connectivity index (χ0) is 15.9. The summed E-state index contributed by atoms with van der Waals surface area (Å²) in [6.45, 7) is 4.56. The fraction of sp³-hybridized carbons (Fsp3) is 0.750. The van der Waals surface area contributed by atoms with Gasteiger partial charge in [-0.15, -0.1) is 0 Å². The Morgan fingerprint density at radius 1 is 1.15 bits per heavy atom. The van der Waals surface area contributed by atoms with Crippen LogP contribution in [-0.4, -0.2) is 52.7 Å². The summed E-state index contributed by atoms with van der Waals surface area (Å²) < 4.78 is 0. The maximum atomic E-state index is 11.8. The highest BCUT2D eigenvalue weighted by Crippen LogP contribution is 2.05. The summed E-state index contributed by atoms with van der Waals surface area (Å²) in [6, 6.07) is -2.02. The van der Waals surface area contributed by atoms with Crippen molar-refractivity contribution in [2.24, 2.45) is 11.7 Å². The van der Waals surface area contributed by atoms with E-state index in [1.807, 2.05) is 13.8 Å². The van der Waals surface area contributed by atoms with Gasteiger partial charge in [0.15, 0.2) is 0 Å². The number of nitrogens with two attached hydrogens (primary N) is 1. The van der Waals surface area contributed by atoms with Gasteiger partial charge in [0.1, 0.15) is 18.6 Å². The van der Waals surface area contributed by atoms with Crippen LogP contribution in [0.5, 0.6) is 0 Å². The van der Waals surface area contributed by atoms with E-state index in [9.17, 15) is 19.5 Å². The van der Waals surface area contributed by atoms with Crippen molar-refractivity contribution >= 4 is 17.8 Å². The van der Waals surface area contributed by atoms with Gasteiger partial charge in [0.05, 0.1) is 6.10 Å². The van der Waals surface area contributed by atoms with Gasteiger partial charge in [0.25, 0.3) is 0 Å². The molecule has 0 aliphatic carbocycles. The Labute approximate surface area is 117 Å². The number of amides is 2. The van der Waals surface area contributed by atoms with Crippen LogP contribution in [0.3, 0.4) is 0 Å². The third-order valence-electron chi connectivity index (χ3n) is 2.58. The van der Waals surface area contributed by atoms with Crippen LogP contribution in [0.25, 0.3) is 0 Å². The molecule has 0 fully saturated rings. The second-order valence-electron chi connectivity index (χ2n) is 5.07. The topological polar surface area (TPSA) is 142 Å². The fourth-order valence-electron chi connectivity index (χ4n) is 1.48. The van der Waals surface area contributed by atoms with E-state index in [0.29, 0.717) is 6.42 Å². The van der Waals surface area contributed by atoms with Crippen LogP contribution < -0.4 is 16.4 Å². The average molecular weight is 289 g/mol. The summed E-state index contributed by atoms with van der Waals surface area (Å²) in [7, 11) is 0. The third-order valence-corrected chi connectivity index (χ3v) is 2.58. The van der Waals surface area contributed by atoms with Gasteiger partial charge in [-0.1, -0.05) is 13.8 Å². The molecule has 6 N–H and O–H groups in total. The van der Waals surface area contributed by atoms with E-state index in [2.05, 4.69) is 10.6 Å². The lowest BCUT2D eigenvalue weighted by atomic mass is 10.0. The van der Waals surface area contributed by atoms with Crippen molar-refractivity contribution in [3.8, 4) is 0 Å². The number of hydrogen-bond acceptors (Lipinski definition) is 5. The van der Waals surface area contributed by atoms with Crippen LogP contribution in [0.4, 0.5) is 0 Å². The van der Waals surface area contributed by atoms with E-state index in [0.717, 1.165) is 0 Å². The molecule has 0 aromatic heterocycles. The first-order valence-electron chi connectivity index (χ1n) is 6.38. The van der Waals surface area contributed by atoms with Crippen LogP contribution in [0.15, 0.2) is 0 Å². The third kappa shape index (κ3) is 7.05. The molecule has 3 unspecified atom stereocenters. The summed E-state index contributed by atoms with van der Waals surface area (Å²) in [5.74, 6) is -2.31. The van der Waals surface area contributed by atoms with Gasteiger partial charge < -0.3 is 26.6 Å². The highest BCUT2D eigenvalue weighted by molar-refractivity contribution is 5.91. The number of aliphatic hydroxyl groups is 1. The minimum Gasteiger partial charge on any atom is -0.480 e. The van der Waals surface area contributed by atoms with Crippen molar-refractivity contribution in [3.63, 3.8) is 0 Å². The average Bonchev–Trinajstić information content (AvgIpc) is 2.33. The number of hydrogen-bond donors (Lipinski definition) is 5. The van der Waals surface area contributed by atoms with E-state index >= 15 is 0 Å². The predicted molar refractivity (Wildman–Crippen MR) is 71.7 cm³/mol. The Kier molecular flexibility index (Phi) is 7.78. The molecule has 0 saturated heterocycles. The Hall–Kier alpha value is -1.67. The van der Waals surface area contributed by atoms with Crippen LogP contribution in [-0.2, 0) is 14.4 Å². The van der Waals surface area contributed by atoms with Gasteiger partial charge in [0, 0.05) is 0 Å². The number of aliphatic carboxylic acids is 1. The van der Waals surface area contributed by atoms with Crippen molar-refractivity contribution in [1.82, 2.24) is 10.6 Å². The molecular weight excluding hydrogens is 266 g/mol. The Morgan fingerprint density at radius 3 is 2.10 bits per heavy atom. The maximum absolute atomic E-state index is 11.8. The molecule has 0 saturated carbocycles. The number of carboxylic acids is 1. The molecule has 3 atom stereocenters. The summed E-state index contributed by atoms with van der Waals surface area (Å²) in [5.41, 5.74) is 5.47. The number of aliphatic hydroxyl groups excluding tert-OH is 1. The standard InChI is InChI=1S/C12H23N3O5/c1-6(2)4-8(11(19)14-5-9(17)18)15-12(20)10(13)7(3)16/h6-8,10,16H,4-5,13H2,1-3H3,(H,14,19)(H,15,20)(H,17,18). The molecule has 0 aliphatic heterocycles. The molecule has 0 spiro atoms. The lowest BCUT2D eigenvalue weighted by Gasteiger charge is -2.22. The Bertz CT molecular complexity index is 357. The molecule has 0 aromatic carbocycles. The highest BCUT2D eigenvalue weighted by atomic mass is 16.4. The second-order valence-corrected chi connectivity index (χ2v) is 5.07. The number of carboxylic acid groups (broad SMARTS) is 1. The minimum absolute atomic E-state index is 0.110. The normalized spacial score (nSPS) is 15.3. The maximum Gasteiger partial charge on any atom is 0.322 e. The predicted octanol–water partition coefficient (Wildman–Crippen LogP) is -1.57. The van der Waals surface area contributed by atoms with Crippen LogP contribution in [0.1, 0.15) is 27.2 Å². The number of carbonyl (C=O) groups excluding carboxylic acids is 2. The summed E-state index contributed by atoms with van der Waals surface area (Å²) in [5, 5.41) is 22.4. The molecule has 0 bridgehead atoms. The van der Waals surface area contributed by atoms with Gasteiger partial charge in [0.2, 0.25) is 11.8 Å². The molecule has 8 heteroatoms. The lowest BCUT2D eigenvalue weighted by Crippen LogP contribution is -2.55. The van der Waals surface area contributed by atoms with Crippen LogP contribution >= 0.6 is 0 Å². The number of nitrogens with one attached hydrogen (secondary N) is 2. The molecule has 20 heavy (non-hydrogen) atoms. The van der Waals surface area contributed by atoms with Crippen molar-refractivity contribution in [2.45, 2.75) is 45.4 Å². The SMILES string of the molecule is CC(C)CC(NC(=O)C(N)C(C)O)C(=O)NCC(=O)O. The van der Waals surface area contributed by atoms with Gasteiger partial charge in [-0.05, 0) is 19.3 Å². The van der Waals surface area contributed by atoms with E-state index < -0.39 is 42.5 Å². The van der Waals surface area contributed by atoms with Crippen molar-refractivity contribution in [3.05, 3.63) is 0 Å². The first-order valence-corrected chi connectivity index (χ1v) is 6.38. The molecule has 0 aromatic rings. The van der Waals surface area contributed by atoms with E-state index in [1.165, 1.54) is 6.92 Å². The Morgan fingerprint density at radius 2 is 1.70 bits per heavy atom. The van der Waals surface area contributed by atoms with Gasteiger partial charge in [-0.2, -0.15) is 0 Å². The number of rotatable bonds is 8. The summed E-state index contributed by atoms with van der Waals surface area (Å²) in [6.07, 6.45) is -0.708. The Balaban J connectivity index is 4.67. The molecule has 0 aliphatic rings. The second kappa shape index (κ2) is 8.49. The first kappa shape index (κ1) is 18.3. The van der Waals surface area contributed by atoms with Crippen molar-refractivity contribution in [1.29, 1.82) is 0 Å². The molecule has 0 heterocycles. The van der Waals surface area contributed by atoms with E-state index in [-0.39, 0.29) is 5.92 Å². The zero-order valence-electron chi connectivity index (χ0n) is 11.9. The first-order chi connectivity index (χ1) is 9.15. The van der Waals surface area contributed by atoms with Crippen LogP contribution in [0.2, 0.25) is 0 Å². The van der Waals surface area contributed by atoms with Crippen molar-refractivity contribution < 1.29 is 24.6 Å². The van der Waals surface area contributed by atoms with E-state index in [4.69, 9.17) is 10.8 Å². The van der Waals surface area contributed by atoms with Crippen LogP contribution in [0, 0.1) is 5.92 Å². The summed E-state index contributed by atoms with van der Waals surface area (Å²) >= 11 is 0. The largest absolute Gasteiger partial charge is 0.480 e. The van der Waals surface area contributed by atoms with Crippen molar-refractivity contribution in [2.75, 3.05) is 6.54 Å². The summed E-state index contributed by atoms with van der Waals surface area (Å²) in [4.78, 5) is 34.0. The molecule has 2 amide bonds. The van der Waals surface area contributed by atoms with Gasteiger partial charge >= 0.3 is 5.97 Å². The molecule has 8 nitrogen and oxygen atoms in total. The molecular formula is C12H23N3O5. The monoisotopic (exact) mass is 289 g/mol. The lowest BCUT2D eigenvalue weighted by molar-refractivity contribution is -0.138. The quantitative estimate of drug-likeness (QED) is 0.365. The smallest absolute Gasteiger partial charge is 0.322 e.